The van der Waals surface area contributed by atoms with Crippen molar-refractivity contribution in [1.82, 2.24) is 20.2 Å². The minimum absolute atomic E-state index is 0.146. The monoisotopic (exact) mass is 505 g/mol. The first-order valence-corrected chi connectivity index (χ1v) is 11.5. The Morgan fingerprint density at radius 2 is 1.72 bits per heavy atom. The van der Waals surface area contributed by atoms with Gasteiger partial charge in [0.2, 0.25) is 11.8 Å². The maximum absolute atomic E-state index is 12.1. The lowest BCUT2D eigenvalue weighted by atomic mass is 10.1. The van der Waals surface area contributed by atoms with Gasteiger partial charge in [-0.25, -0.2) is 4.98 Å². The number of aromatic amines is 1. The van der Waals surface area contributed by atoms with Crippen LogP contribution in [0.4, 0.5) is 5.69 Å². The van der Waals surface area contributed by atoms with E-state index in [4.69, 9.17) is 4.42 Å². The molecule has 0 aliphatic heterocycles. The van der Waals surface area contributed by atoms with Gasteiger partial charge in [0, 0.05) is 21.3 Å². The summed E-state index contributed by atoms with van der Waals surface area (Å²) in [5.74, 6) is 1.23. The number of hydrogen-bond donors (Lipinski definition) is 2. The van der Waals surface area contributed by atoms with Crippen molar-refractivity contribution in [3.8, 4) is 22.8 Å². The third-order valence-electron chi connectivity index (χ3n) is 4.66. The van der Waals surface area contributed by atoms with Crippen molar-refractivity contribution in [2.45, 2.75) is 5.22 Å². The average Bonchev–Trinajstić information content (AvgIpc) is 3.47. The lowest BCUT2D eigenvalue weighted by Gasteiger charge is -2.03. The number of imidazole rings is 1. The molecule has 0 atom stereocenters. The number of carbonyl (C=O) groups is 1. The van der Waals surface area contributed by atoms with Crippen LogP contribution in [0.1, 0.15) is 0 Å². The largest absolute Gasteiger partial charge is 0.411 e. The summed E-state index contributed by atoms with van der Waals surface area (Å²) in [6, 6.07) is 23.0. The summed E-state index contributed by atoms with van der Waals surface area (Å²) >= 11 is 4.56. The van der Waals surface area contributed by atoms with E-state index in [1.54, 1.807) is 0 Å². The van der Waals surface area contributed by atoms with Gasteiger partial charge in [-0.15, -0.1) is 10.2 Å². The van der Waals surface area contributed by atoms with Gasteiger partial charge in [0.1, 0.15) is 5.82 Å². The van der Waals surface area contributed by atoms with Gasteiger partial charge in [-0.05, 0) is 48.5 Å². The van der Waals surface area contributed by atoms with Crippen molar-refractivity contribution in [1.29, 1.82) is 0 Å². The highest BCUT2D eigenvalue weighted by atomic mass is 79.9. The van der Waals surface area contributed by atoms with Crippen LogP contribution >= 0.6 is 27.7 Å². The Hall–Kier alpha value is -3.43. The Balaban J connectivity index is 1.22. The van der Waals surface area contributed by atoms with Gasteiger partial charge in [-0.2, -0.15) is 0 Å². The zero-order valence-electron chi connectivity index (χ0n) is 16.6. The minimum atomic E-state index is -0.146. The number of para-hydroxylation sites is 2. The van der Waals surface area contributed by atoms with Gasteiger partial charge in [0.05, 0.1) is 16.8 Å². The van der Waals surface area contributed by atoms with E-state index in [9.17, 15) is 4.79 Å². The SMILES string of the molecule is O=C(CSc1nnc(-c2ccc(-c3nc4ccccc4[nH]3)cc2)o1)Nc1ccc(Br)cc1. The molecule has 32 heavy (non-hydrogen) atoms. The molecule has 2 heterocycles. The van der Waals surface area contributed by atoms with E-state index in [0.717, 1.165) is 38.1 Å². The summed E-state index contributed by atoms with van der Waals surface area (Å²) in [7, 11) is 0. The molecule has 9 heteroatoms. The van der Waals surface area contributed by atoms with Gasteiger partial charge < -0.3 is 14.7 Å². The Morgan fingerprint density at radius 1 is 0.969 bits per heavy atom. The lowest BCUT2D eigenvalue weighted by Crippen LogP contribution is -2.13. The van der Waals surface area contributed by atoms with Gasteiger partial charge in [-0.3, -0.25) is 4.79 Å². The van der Waals surface area contributed by atoms with Crippen LogP contribution in [-0.4, -0.2) is 31.8 Å². The van der Waals surface area contributed by atoms with E-state index in [2.05, 4.69) is 41.4 Å². The van der Waals surface area contributed by atoms with Crippen molar-refractivity contribution in [3.63, 3.8) is 0 Å². The first-order valence-electron chi connectivity index (χ1n) is 9.71. The highest BCUT2D eigenvalue weighted by Crippen LogP contribution is 2.26. The number of fused-ring (bicyclic) bond motifs is 1. The third kappa shape index (κ3) is 4.58. The van der Waals surface area contributed by atoms with Crippen LogP contribution < -0.4 is 5.32 Å². The van der Waals surface area contributed by atoms with E-state index in [1.807, 2.05) is 72.8 Å². The number of anilines is 1. The van der Waals surface area contributed by atoms with Crippen molar-refractivity contribution >= 4 is 50.3 Å². The van der Waals surface area contributed by atoms with Crippen LogP contribution in [-0.2, 0) is 4.79 Å². The molecule has 2 N–H and O–H groups in total. The fraction of sp³-hybridized carbons (Fsp3) is 0.0435. The van der Waals surface area contributed by atoms with Crippen LogP contribution in [0.5, 0.6) is 0 Å². The Bertz CT molecular complexity index is 1350. The normalized spacial score (nSPS) is 11.0. The minimum Gasteiger partial charge on any atom is -0.411 e. The maximum Gasteiger partial charge on any atom is 0.277 e. The first kappa shape index (κ1) is 20.5. The number of carbonyl (C=O) groups excluding carboxylic acids is 1. The molecule has 0 radical (unpaired) electrons. The number of rotatable bonds is 6. The van der Waals surface area contributed by atoms with Crippen LogP contribution in [0.2, 0.25) is 0 Å². The molecule has 158 valence electrons. The second-order valence-corrected chi connectivity index (χ2v) is 8.74. The fourth-order valence-corrected chi connectivity index (χ4v) is 3.93. The Kier molecular flexibility index (Phi) is 5.74. The van der Waals surface area contributed by atoms with Gasteiger partial charge in [0.15, 0.2) is 0 Å². The van der Waals surface area contributed by atoms with Gasteiger partial charge in [-0.1, -0.05) is 52.0 Å². The standard InChI is InChI=1S/C23H16BrN5O2S/c24-16-9-11-17(12-10-16)25-20(30)13-32-23-29-28-22(31-23)15-7-5-14(6-8-15)21-26-18-3-1-2-4-19(18)27-21/h1-12H,13H2,(H,25,30)(H,26,27). The molecule has 5 rings (SSSR count). The summed E-state index contributed by atoms with van der Waals surface area (Å²) < 4.78 is 6.66. The number of aromatic nitrogens is 4. The van der Waals surface area contributed by atoms with E-state index in [0.29, 0.717) is 11.1 Å². The molecule has 0 aliphatic carbocycles. The summed E-state index contributed by atoms with van der Waals surface area (Å²) in [5, 5.41) is 11.3. The molecule has 0 saturated heterocycles. The molecule has 0 saturated carbocycles. The van der Waals surface area contributed by atoms with Crippen LogP contribution in [0.25, 0.3) is 33.9 Å². The highest BCUT2D eigenvalue weighted by molar-refractivity contribution is 9.10. The number of nitrogens with one attached hydrogen (secondary N) is 2. The molecule has 0 spiro atoms. The molecule has 1 amide bonds. The summed E-state index contributed by atoms with van der Waals surface area (Å²) in [6.45, 7) is 0. The Labute approximate surface area is 195 Å². The predicted octanol–water partition coefficient (Wildman–Crippen LogP) is 5.77. The van der Waals surface area contributed by atoms with Gasteiger partial charge >= 0.3 is 0 Å². The molecular weight excluding hydrogens is 490 g/mol. The van der Waals surface area contributed by atoms with Crippen LogP contribution in [0, 0.1) is 0 Å². The average molecular weight is 506 g/mol. The molecule has 7 nitrogen and oxygen atoms in total. The fourth-order valence-electron chi connectivity index (χ4n) is 3.10. The molecule has 0 bridgehead atoms. The number of amides is 1. The van der Waals surface area contributed by atoms with E-state index >= 15 is 0 Å². The van der Waals surface area contributed by atoms with Crippen molar-refractivity contribution in [3.05, 3.63) is 77.3 Å². The number of hydrogen-bond acceptors (Lipinski definition) is 6. The van der Waals surface area contributed by atoms with Gasteiger partial charge in [0.25, 0.3) is 5.22 Å². The summed E-state index contributed by atoms with van der Waals surface area (Å²) in [6.07, 6.45) is 0. The van der Waals surface area contributed by atoms with Crippen LogP contribution in [0.15, 0.2) is 86.9 Å². The zero-order chi connectivity index (χ0) is 21.9. The number of halogens is 1. The maximum atomic E-state index is 12.1. The topological polar surface area (TPSA) is 96.7 Å². The van der Waals surface area contributed by atoms with Crippen molar-refractivity contribution in [2.24, 2.45) is 0 Å². The molecule has 0 unspecified atom stereocenters. The smallest absolute Gasteiger partial charge is 0.277 e. The number of thioether (sulfide) groups is 1. The van der Waals surface area contributed by atoms with E-state index < -0.39 is 0 Å². The number of nitrogens with zero attached hydrogens (tertiary/aromatic N) is 3. The highest BCUT2D eigenvalue weighted by Gasteiger charge is 2.12. The van der Waals surface area contributed by atoms with Crippen molar-refractivity contribution < 1.29 is 9.21 Å². The van der Waals surface area contributed by atoms with Crippen LogP contribution in [0.3, 0.4) is 0 Å². The quantitative estimate of drug-likeness (QED) is 0.284. The molecule has 0 aliphatic rings. The predicted molar refractivity (Wildman–Crippen MR) is 128 cm³/mol. The zero-order valence-corrected chi connectivity index (χ0v) is 19.0. The summed E-state index contributed by atoms with van der Waals surface area (Å²) in [5.41, 5.74) is 4.41. The summed E-state index contributed by atoms with van der Waals surface area (Å²) in [4.78, 5) is 20.1. The van der Waals surface area contributed by atoms with Crippen molar-refractivity contribution in [2.75, 3.05) is 11.1 Å². The molecule has 2 aromatic heterocycles. The van der Waals surface area contributed by atoms with E-state index in [-0.39, 0.29) is 11.7 Å². The lowest BCUT2D eigenvalue weighted by molar-refractivity contribution is -0.113. The van der Waals surface area contributed by atoms with E-state index in [1.165, 1.54) is 11.8 Å². The number of benzene rings is 3. The third-order valence-corrected chi connectivity index (χ3v) is 6.00. The first-order chi connectivity index (χ1) is 15.6. The molecule has 5 aromatic rings. The molecule has 0 fully saturated rings. The molecular formula is C23H16BrN5O2S. The Morgan fingerprint density at radius 3 is 2.50 bits per heavy atom. The molecule has 3 aromatic carbocycles. The second kappa shape index (κ2) is 8.97. The number of H-pyrrole nitrogens is 1. The second-order valence-electron chi connectivity index (χ2n) is 6.90.